The number of benzene rings is 2. The number of hydrogen-bond donors (Lipinski definition) is 2. The topological polar surface area (TPSA) is 110 Å². The van der Waals surface area contributed by atoms with Crippen molar-refractivity contribution in [3.63, 3.8) is 0 Å². The molecule has 0 unspecified atom stereocenters. The molecule has 8 heteroatoms. The molecule has 0 saturated heterocycles. The van der Waals surface area contributed by atoms with Gasteiger partial charge in [0.15, 0.2) is 11.6 Å². The van der Waals surface area contributed by atoms with Crippen molar-refractivity contribution < 1.29 is 9.32 Å². The molecular formula is C19H16N6O2. The number of carbonyl (C=O) groups is 1. The molecule has 0 fully saturated rings. The van der Waals surface area contributed by atoms with Crippen LogP contribution in [0.4, 0.5) is 5.95 Å². The predicted octanol–water partition coefficient (Wildman–Crippen LogP) is 3.39. The molecule has 0 spiro atoms. The molecule has 0 saturated carbocycles. The number of hydrogen-bond acceptors (Lipinski definition) is 6. The van der Waals surface area contributed by atoms with Gasteiger partial charge in [0.1, 0.15) is 0 Å². The highest BCUT2D eigenvalue weighted by molar-refractivity contribution is 6.03. The molecule has 134 valence electrons. The minimum absolute atomic E-state index is 0.215. The van der Waals surface area contributed by atoms with Crippen LogP contribution in [0.25, 0.3) is 22.8 Å². The number of anilines is 1. The van der Waals surface area contributed by atoms with E-state index in [-0.39, 0.29) is 11.9 Å². The molecule has 2 aromatic heterocycles. The maximum atomic E-state index is 12.4. The fourth-order valence-corrected chi connectivity index (χ4v) is 2.51. The molecule has 0 aliphatic heterocycles. The van der Waals surface area contributed by atoms with Gasteiger partial charge in [-0.1, -0.05) is 35.0 Å². The smallest absolute Gasteiger partial charge is 0.258 e. The summed E-state index contributed by atoms with van der Waals surface area (Å²) in [6.07, 6.45) is 0. The van der Waals surface area contributed by atoms with Gasteiger partial charge in [-0.2, -0.15) is 9.97 Å². The fraction of sp³-hybridized carbons (Fsp3) is 0.105. The van der Waals surface area contributed by atoms with Crippen LogP contribution in [0, 0.1) is 13.8 Å². The summed E-state index contributed by atoms with van der Waals surface area (Å²) in [6.45, 7) is 3.76. The number of carbonyl (C=O) groups excluding carboxylic acids is 1. The number of aromatic amines is 1. The second-order valence-electron chi connectivity index (χ2n) is 6.05. The molecular weight excluding hydrogens is 344 g/mol. The van der Waals surface area contributed by atoms with Crippen LogP contribution in [0.5, 0.6) is 0 Å². The molecule has 0 bridgehead atoms. The van der Waals surface area contributed by atoms with Crippen LogP contribution in [0.3, 0.4) is 0 Å². The van der Waals surface area contributed by atoms with Gasteiger partial charge < -0.3 is 4.52 Å². The Morgan fingerprint density at radius 3 is 2.33 bits per heavy atom. The number of aryl methyl sites for hydroxylation is 2. The van der Waals surface area contributed by atoms with Crippen molar-refractivity contribution in [1.82, 2.24) is 25.3 Å². The van der Waals surface area contributed by atoms with E-state index in [4.69, 9.17) is 4.52 Å². The van der Waals surface area contributed by atoms with E-state index < -0.39 is 0 Å². The molecule has 0 radical (unpaired) electrons. The Balaban J connectivity index is 1.47. The van der Waals surface area contributed by atoms with E-state index in [2.05, 4.69) is 30.6 Å². The summed E-state index contributed by atoms with van der Waals surface area (Å²) in [7, 11) is 0. The van der Waals surface area contributed by atoms with E-state index in [0.717, 1.165) is 16.7 Å². The summed E-state index contributed by atoms with van der Waals surface area (Å²) >= 11 is 0. The van der Waals surface area contributed by atoms with Crippen LogP contribution < -0.4 is 5.32 Å². The molecule has 2 heterocycles. The maximum absolute atomic E-state index is 12.4. The zero-order valence-electron chi connectivity index (χ0n) is 14.7. The molecule has 0 aliphatic carbocycles. The Morgan fingerprint density at radius 1 is 0.963 bits per heavy atom. The first kappa shape index (κ1) is 16.6. The van der Waals surface area contributed by atoms with Gasteiger partial charge >= 0.3 is 0 Å². The van der Waals surface area contributed by atoms with E-state index in [9.17, 15) is 4.79 Å². The third kappa shape index (κ3) is 3.59. The summed E-state index contributed by atoms with van der Waals surface area (Å²) in [6, 6.07) is 14.7. The van der Waals surface area contributed by atoms with Crippen LogP contribution >= 0.6 is 0 Å². The van der Waals surface area contributed by atoms with E-state index in [1.54, 1.807) is 31.2 Å². The molecule has 27 heavy (non-hydrogen) atoms. The van der Waals surface area contributed by atoms with Crippen LogP contribution in [0.2, 0.25) is 0 Å². The average Bonchev–Trinajstić information content (AvgIpc) is 3.32. The first-order valence-electron chi connectivity index (χ1n) is 8.30. The standard InChI is InChI=1S/C19H16N6O2/c1-11-3-5-13(6-4-11)16-21-19(24-23-16)22-17(26)14-7-9-15(10-8-14)18-20-12(2)25-27-18/h3-10H,1-2H3,(H2,21,22,23,24,26). The molecule has 8 nitrogen and oxygen atoms in total. The fourth-order valence-electron chi connectivity index (χ4n) is 2.51. The number of nitrogens with zero attached hydrogens (tertiary/aromatic N) is 4. The lowest BCUT2D eigenvalue weighted by molar-refractivity contribution is 0.102. The van der Waals surface area contributed by atoms with Crippen LogP contribution in [-0.2, 0) is 0 Å². The number of aromatic nitrogens is 5. The van der Waals surface area contributed by atoms with E-state index in [0.29, 0.717) is 23.1 Å². The van der Waals surface area contributed by atoms with Gasteiger partial charge in [0, 0.05) is 16.7 Å². The van der Waals surface area contributed by atoms with Crippen LogP contribution in [0.1, 0.15) is 21.7 Å². The second kappa shape index (κ2) is 6.83. The summed E-state index contributed by atoms with van der Waals surface area (Å²) in [5, 5.41) is 13.3. The quantitative estimate of drug-likeness (QED) is 0.577. The number of rotatable bonds is 4. The minimum Gasteiger partial charge on any atom is -0.334 e. The third-order valence-electron chi connectivity index (χ3n) is 3.96. The molecule has 2 N–H and O–H groups in total. The second-order valence-corrected chi connectivity index (χ2v) is 6.05. The van der Waals surface area contributed by atoms with Gasteiger partial charge in [-0.3, -0.25) is 15.2 Å². The SMILES string of the molecule is Cc1ccc(-c2nc(NC(=O)c3ccc(-c4nc(C)no4)cc3)n[nH]2)cc1. The summed E-state index contributed by atoms with van der Waals surface area (Å²) < 4.78 is 5.11. The van der Waals surface area contributed by atoms with Gasteiger partial charge in [-0.05, 0) is 38.1 Å². The molecule has 2 aromatic carbocycles. The monoisotopic (exact) mass is 360 g/mol. The van der Waals surface area contributed by atoms with Crippen molar-refractivity contribution in [3.05, 3.63) is 65.5 Å². The van der Waals surface area contributed by atoms with Crippen molar-refractivity contribution in [3.8, 4) is 22.8 Å². The van der Waals surface area contributed by atoms with E-state index in [1.165, 1.54) is 0 Å². The summed E-state index contributed by atoms with van der Waals surface area (Å²) in [5.41, 5.74) is 3.27. The van der Waals surface area contributed by atoms with Crippen molar-refractivity contribution in [2.24, 2.45) is 0 Å². The number of H-pyrrole nitrogens is 1. The molecule has 0 aliphatic rings. The average molecular weight is 360 g/mol. The summed E-state index contributed by atoms with van der Waals surface area (Å²) in [4.78, 5) is 20.9. The van der Waals surface area contributed by atoms with E-state index in [1.807, 2.05) is 31.2 Å². The Hall–Kier alpha value is -3.81. The lowest BCUT2D eigenvalue weighted by atomic mass is 10.1. The van der Waals surface area contributed by atoms with Gasteiger partial charge in [-0.15, -0.1) is 5.10 Å². The van der Waals surface area contributed by atoms with Gasteiger partial charge in [0.2, 0.25) is 5.95 Å². The maximum Gasteiger partial charge on any atom is 0.258 e. The third-order valence-corrected chi connectivity index (χ3v) is 3.96. The molecule has 4 rings (SSSR count). The summed E-state index contributed by atoms with van der Waals surface area (Å²) in [5.74, 6) is 1.47. The highest BCUT2D eigenvalue weighted by Gasteiger charge is 2.12. The zero-order valence-corrected chi connectivity index (χ0v) is 14.7. The Kier molecular flexibility index (Phi) is 4.21. The van der Waals surface area contributed by atoms with Crippen molar-refractivity contribution in [2.45, 2.75) is 13.8 Å². The van der Waals surface area contributed by atoms with Gasteiger partial charge in [0.25, 0.3) is 11.8 Å². The zero-order chi connectivity index (χ0) is 18.8. The Bertz CT molecular complexity index is 1080. The highest BCUT2D eigenvalue weighted by atomic mass is 16.5. The lowest BCUT2D eigenvalue weighted by Gasteiger charge is -2.01. The Morgan fingerprint density at radius 2 is 1.67 bits per heavy atom. The van der Waals surface area contributed by atoms with Gasteiger partial charge in [-0.25, -0.2) is 0 Å². The van der Waals surface area contributed by atoms with Crippen LogP contribution in [-0.4, -0.2) is 31.2 Å². The highest BCUT2D eigenvalue weighted by Crippen LogP contribution is 2.19. The van der Waals surface area contributed by atoms with Gasteiger partial charge in [0.05, 0.1) is 0 Å². The minimum atomic E-state index is -0.308. The predicted molar refractivity (Wildman–Crippen MR) is 99.0 cm³/mol. The largest absolute Gasteiger partial charge is 0.334 e. The molecule has 1 amide bonds. The number of nitrogens with one attached hydrogen (secondary N) is 2. The number of amides is 1. The van der Waals surface area contributed by atoms with Crippen molar-refractivity contribution >= 4 is 11.9 Å². The van der Waals surface area contributed by atoms with E-state index >= 15 is 0 Å². The molecule has 0 atom stereocenters. The lowest BCUT2D eigenvalue weighted by Crippen LogP contribution is -2.12. The van der Waals surface area contributed by atoms with Crippen molar-refractivity contribution in [2.75, 3.05) is 5.32 Å². The first-order valence-corrected chi connectivity index (χ1v) is 8.30. The van der Waals surface area contributed by atoms with Crippen LogP contribution in [0.15, 0.2) is 53.1 Å². The van der Waals surface area contributed by atoms with Crippen molar-refractivity contribution in [1.29, 1.82) is 0 Å². The Labute approximate surface area is 154 Å². The molecule has 4 aromatic rings. The first-order chi connectivity index (χ1) is 13.1. The normalized spacial score (nSPS) is 10.7.